The molecule has 0 aliphatic rings. The van der Waals surface area contributed by atoms with Crippen molar-refractivity contribution >= 4 is 60.8 Å². The maximum Gasteiger partial charge on any atom is 0.0546 e. The largest absolute Gasteiger partial charge is 0.355 e. The molecule has 0 fully saturated rings. The van der Waals surface area contributed by atoms with Gasteiger partial charge < -0.3 is 10.2 Å². The molecule has 0 saturated carbocycles. The van der Waals surface area contributed by atoms with Gasteiger partial charge in [0, 0.05) is 33.5 Å². The van der Waals surface area contributed by atoms with Gasteiger partial charge in [0.2, 0.25) is 0 Å². The Balaban J connectivity index is 1.56. The number of rotatable bonds is 5. The monoisotopic (exact) mass is 486 g/mol. The van der Waals surface area contributed by atoms with Gasteiger partial charge in [-0.3, -0.25) is 0 Å². The minimum atomic E-state index is 1.08. The number of hydrogen-bond donors (Lipinski definition) is 1. The van der Waals surface area contributed by atoms with E-state index in [1.54, 1.807) is 0 Å². The summed E-state index contributed by atoms with van der Waals surface area (Å²) in [5.41, 5.74) is 5.63. The van der Waals surface area contributed by atoms with Crippen LogP contribution in [0.3, 0.4) is 0 Å². The van der Waals surface area contributed by atoms with E-state index in [9.17, 15) is 0 Å². The molecule has 7 rings (SSSR count). The number of fused-ring (bicyclic) bond motifs is 5. The minimum absolute atomic E-state index is 1.08. The highest BCUT2D eigenvalue weighted by atomic mass is 15.1. The van der Waals surface area contributed by atoms with E-state index in [0.717, 1.165) is 22.7 Å². The van der Waals surface area contributed by atoms with E-state index >= 15 is 0 Å². The van der Waals surface area contributed by atoms with Crippen molar-refractivity contribution in [2.75, 3.05) is 10.2 Å². The molecule has 0 unspecified atom stereocenters. The minimum Gasteiger partial charge on any atom is -0.355 e. The number of hydrogen-bond acceptors (Lipinski definition) is 2. The van der Waals surface area contributed by atoms with Crippen LogP contribution in [0.15, 0.2) is 152 Å². The Hall–Kier alpha value is -5.08. The third-order valence-corrected chi connectivity index (χ3v) is 7.18. The highest BCUT2D eigenvalue weighted by Crippen LogP contribution is 2.44. The first-order valence-electron chi connectivity index (χ1n) is 13.0. The van der Waals surface area contributed by atoms with Crippen LogP contribution in [0, 0.1) is 0 Å². The molecule has 0 aliphatic heterocycles. The van der Waals surface area contributed by atoms with E-state index in [4.69, 9.17) is 0 Å². The van der Waals surface area contributed by atoms with Gasteiger partial charge in [-0.15, -0.1) is 0 Å². The first kappa shape index (κ1) is 22.1. The first-order chi connectivity index (χ1) is 18.9. The normalized spacial score (nSPS) is 11.2. The van der Waals surface area contributed by atoms with Gasteiger partial charge >= 0.3 is 0 Å². The fourth-order valence-electron chi connectivity index (χ4n) is 5.48. The standard InChI is InChI=1S/C36H26N2/c1-4-14-26(15-5-1)37-35-24-33-30-21-11-13-23-32(30)36(25-34(33)29-20-10-12-22-31(29)35)38(27-16-6-2-7-17-27)28-18-8-3-9-19-28/h1-25,37H. The van der Waals surface area contributed by atoms with Crippen molar-refractivity contribution in [1.29, 1.82) is 0 Å². The topological polar surface area (TPSA) is 15.3 Å². The quantitative estimate of drug-likeness (QED) is 0.243. The molecule has 0 heterocycles. The number of nitrogens with zero attached hydrogens (tertiary/aromatic N) is 1. The highest BCUT2D eigenvalue weighted by molar-refractivity contribution is 6.24. The Morgan fingerprint density at radius 1 is 0.368 bits per heavy atom. The smallest absolute Gasteiger partial charge is 0.0546 e. The van der Waals surface area contributed by atoms with Crippen LogP contribution in [-0.4, -0.2) is 0 Å². The van der Waals surface area contributed by atoms with Gasteiger partial charge in [0.1, 0.15) is 0 Å². The summed E-state index contributed by atoms with van der Waals surface area (Å²) in [6.45, 7) is 0. The molecule has 1 N–H and O–H groups in total. The third-order valence-electron chi connectivity index (χ3n) is 7.18. The molecule has 180 valence electrons. The zero-order valence-electron chi connectivity index (χ0n) is 20.9. The molecule has 0 bridgehead atoms. The van der Waals surface area contributed by atoms with Crippen LogP contribution in [0.1, 0.15) is 0 Å². The van der Waals surface area contributed by atoms with Gasteiger partial charge in [0.05, 0.1) is 5.69 Å². The Morgan fingerprint density at radius 2 is 0.816 bits per heavy atom. The zero-order chi connectivity index (χ0) is 25.3. The first-order valence-corrected chi connectivity index (χ1v) is 13.0. The molecule has 2 heteroatoms. The maximum absolute atomic E-state index is 3.68. The second kappa shape index (κ2) is 9.42. The summed E-state index contributed by atoms with van der Waals surface area (Å²) in [5.74, 6) is 0. The molecule has 0 saturated heterocycles. The molecular formula is C36H26N2. The Labute approximate surface area is 222 Å². The average Bonchev–Trinajstić information content (AvgIpc) is 2.99. The van der Waals surface area contributed by atoms with Crippen LogP contribution < -0.4 is 10.2 Å². The van der Waals surface area contributed by atoms with Crippen molar-refractivity contribution in [3.8, 4) is 0 Å². The van der Waals surface area contributed by atoms with Crippen molar-refractivity contribution in [3.05, 3.63) is 152 Å². The number of nitrogens with one attached hydrogen (secondary N) is 1. The number of anilines is 5. The van der Waals surface area contributed by atoms with Crippen molar-refractivity contribution in [1.82, 2.24) is 0 Å². The van der Waals surface area contributed by atoms with Gasteiger partial charge in [-0.2, -0.15) is 0 Å². The van der Waals surface area contributed by atoms with Crippen LogP contribution in [0.2, 0.25) is 0 Å². The van der Waals surface area contributed by atoms with E-state index in [-0.39, 0.29) is 0 Å². The van der Waals surface area contributed by atoms with E-state index in [1.807, 2.05) is 6.07 Å². The van der Waals surface area contributed by atoms with Crippen LogP contribution in [0.25, 0.3) is 32.3 Å². The summed E-state index contributed by atoms with van der Waals surface area (Å²) in [7, 11) is 0. The maximum atomic E-state index is 3.68. The van der Waals surface area contributed by atoms with Crippen LogP contribution in [0.4, 0.5) is 28.4 Å². The van der Waals surface area contributed by atoms with Gasteiger partial charge in [-0.1, -0.05) is 103 Å². The molecule has 7 aromatic rings. The molecule has 0 spiro atoms. The van der Waals surface area contributed by atoms with Gasteiger partial charge in [0.25, 0.3) is 0 Å². The number of para-hydroxylation sites is 3. The van der Waals surface area contributed by atoms with E-state index in [2.05, 4.69) is 156 Å². The van der Waals surface area contributed by atoms with E-state index < -0.39 is 0 Å². The molecule has 0 aromatic heterocycles. The van der Waals surface area contributed by atoms with Gasteiger partial charge in [0.15, 0.2) is 0 Å². The van der Waals surface area contributed by atoms with Crippen molar-refractivity contribution in [3.63, 3.8) is 0 Å². The highest BCUT2D eigenvalue weighted by Gasteiger charge is 2.18. The van der Waals surface area contributed by atoms with Gasteiger partial charge in [-0.05, 0) is 70.1 Å². The van der Waals surface area contributed by atoms with Crippen LogP contribution >= 0.6 is 0 Å². The molecular weight excluding hydrogens is 460 g/mol. The summed E-state index contributed by atoms with van der Waals surface area (Å²) in [6.07, 6.45) is 0. The lowest BCUT2D eigenvalue weighted by atomic mass is 9.94. The molecule has 0 aliphatic carbocycles. The van der Waals surface area contributed by atoms with Crippen molar-refractivity contribution in [2.45, 2.75) is 0 Å². The fraction of sp³-hybridized carbons (Fsp3) is 0. The second-order valence-corrected chi connectivity index (χ2v) is 9.50. The zero-order valence-corrected chi connectivity index (χ0v) is 20.9. The lowest BCUT2D eigenvalue weighted by Crippen LogP contribution is -2.10. The molecule has 2 nitrogen and oxygen atoms in total. The third kappa shape index (κ3) is 3.84. The molecule has 38 heavy (non-hydrogen) atoms. The summed E-state index contributed by atoms with van der Waals surface area (Å²) in [6, 6.07) is 53.8. The second-order valence-electron chi connectivity index (χ2n) is 9.50. The summed E-state index contributed by atoms with van der Waals surface area (Å²) >= 11 is 0. The van der Waals surface area contributed by atoms with Crippen molar-refractivity contribution < 1.29 is 0 Å². The van der Waals surface area contributed by atoms with Crippen LogP contribution in [-0.2, 0) is 0 Å². The summed E-state index contributed by atoms with van der Waals surface area (Å²) < 4.78 is 0. The van der Waals surface area contributed by atoms with Crippen molar-refractivity contribution in [2.24, 2.45) is 0 Å². The predicted octanol–water partition coefficient (Wildman–Crippen LogP) is 10.4. The van der Waals surface area contributed by atoms with E-state index in [1.165, 1.54) is 38.0 Å². The molecule has 7 aromatic carbocycles. The van der Waals surface area contributed by atoms with Crippen LogP contribution in [0.5, 0.6) is 0 Å². The summed E-state index contributed by atoms with van der Waals surface area (Å²) in [5, 5.41) is 11.1. The molecule has 0 amide bonds. The SMILES string of the molecule is c1ccc(Nc2cc3c4ccccc4c(N(c4ccccc4)c4ccccc4)cc3c3ccccc23)cc1. The Morgan fingerprint density at radius 3 is 1.42 bits per heavy atom. The predicted molar refractivity (Wildman–Crippen MR) is 163 cm³/mol. The Bertz CT molecular complexity index is 1840. The average molecular weight is 487 g/mol. The number of benzene rings is 7. The van der Waals surface area contributed by atoms with E-state index in [0.29, 0.717) is 0 Å². The van der Waals surface area contributed by atoms with Gasteiger partial charge in [-0.25, -0.2) is 0 Å². The molecule has 0 radical (unpaired) electrons. The Kier molecular flexibility index (Phi) is 5.49. The fourth-order valence-corrected chi connectivity index (χ4v) is 5.48. The lowest BCUT2D eigenvalue weighted by molar-refractivity contribution is 1.30. The molecule has 0 atom stereocenters. The summed E-state index contributed by atoms with van der Waals surface area (Å²) in [4.78, 5) is 2.37. The lowest BCUT2D eigenvalue weighted by Gasteiger charge is -2.28.